The molecule has 18 heavy (non-hydrogen) atoms. The number of aryl methyl sites for hydroxylation is 1. The Morgan fingerprint density at radius 1 is 1.28 bits per heavy atom. The largest absolute Gasteiger partial charge is 0.447 e. The molecule has 94 valence electrons. The molecule has 1 N–H and O–H groups in total. The highest BCUT2D eigenvalue weighted by molar-refractivity contribution is 7.14. The zero-order chi connectivity index (χ0) is 13.0. The van der Waals surface area contributed by atoms with E-state index in [0.717, 1.165) is 15.7 Å². The maximum Gasteiger partial charge on any atom is 0.181 e. The van der Waals surface area contributed by atoms with Gasteiger partial charge in [-0.15, -0.1) is 11.3 Å². The molecule has 2 rings (SSSR count). The Bertz CT molecular complexity index is 548. The Morgan fingerprint density at radius 3 is 2.67 bits per heavy atom. The Hall–Kier alpha value is -1.52. The van der Waals surface area contributed by atoms with Gasteiger partial charge in [0.25, 0.3) is 0 Å². The monoisotopic (exact) mass is 281 g/mol. The smallest absolute Gasteiger partial charge is 0.181 e. The van der Waals surface area contributed by atoms with Gasteiger partial charge in [0.15, 0.2) is 10.2 Å². The van der Waals surface area contributed by atoms with Gasteiger partial charge in [-0.05, 0) is 31.2 Å². The SMILES string of the molecule is Cc1ccc(Oc2ccc(C/C(Cl)=N/O)s2)cc1. The normalized spacial score (nSPS) is 11.6. The molecule has 0 amide bonds. The van der Waals surface area contributed by atoms with E-state index in [1.807, 2.05) is 43.3 Å². The lowest BCUT2D eigenvalue weighted by Crippen LogP contribution is -1.90. The molecular formula is C13H12ClNO2S. The molecule has 3 nitrogen and oxygen atoms in total. The molecule has 1 heterocycles. The third kappa shape index (κ3) is 3.48. The van der Waals surface area contributed by atoms with E-state index in [4.69, 9.17) is 21.5 Å². The van der Waals surface area contributed by atoms with Gasteiger partial charge in [0.05, 0.1) is 0 Å². The molecule has 1 aromatic carbocycles. The summed E-state index contributed by atoms with van der Waals surface area (Å²) in [5, 5.41) is 12.4. The highest BCUT2D eigenvalue weighted by Gasteiger charge is 2.05. The van der Waals surface area contributed by atoms with Crippen molar-refractivity contribution in [1.29, 1.82) is 0 Å². The molecule has 0 spiro atoms. The minimum atomic E-state index is 0.165. The van der Waals surface area contributed by atoms with Crippen molar-refractivity contribution >= 4 is 28.1 Å². The number of hydrogen-bond acceptors (Lipinski definition) is 4. The van der Waals surface area contributed by atoms with Crippen LogP contribution in [0.15, 0.2) is 41.6 Å². The number of benzene rings is 1. The molecule has 5 heteroatoms. The summed E-state index contributed by atoms with van der Waals surface area (Å²) >= 11 is 7.13. The highest BCUT2D eigenvalue weighted by atomic mass is 35.5. The summed E-state index contributed by atoms with van der Waals surface area (Å²) in [7, 11) is 0. The summed E-state index contributed by atoms with van der Waals surface area (Å²) in [6.45, 7) is 2.03. The van der Waals surface area contributed by atoms with E-state index >= 15 is 0 Å². The molecule has 2 aromatic rings. The van der Waals surface area contributed by atoms with Crippen molar-refractivity contribution < 1.29 is 9.94 Å². The second-order valence-corrected chi connectivity index (χ2v) is 5.36. The summed E-state index contributed by atoms with van der Waals surface area (Å²) in [4.78, 5) is 0.986. The van der Waals surface area contributed by atoms with Crippen LogP contribution in [-0.2, 0) is 6.42 Å². The Labute approximate surface area is 114 Å². The van der Waals surface area contributed by atoms with Crippen molar-refractivity contribution in [3.05, 3.63) is 46.8 Å². The van der Waals surface area contributed by atoms with Crippen LogP contribution in [0.25, 0.3) is 0 Å². The summed E-state index contributed by atoms with van der Waals surface area (Å²) < 4.78 is 5.70. The fourth-order valence-corrected chi connectivity index (χ4v) is 2.51. The second kappa shape index (κ2) is 5.89. The fourth-order valence-electron chi connectivity index (χ4n) is 1.41. The third-order valence-electron chi connectivity index (χ3n) is 2.31. The van der Waals surface area contributed by atoms with Gasteiger partial charge in [-0.3, -0.25) is 0 Å². The first-order chi connectivity index (χ1) is 8.67. The first kappa shape index (κ1) is 12.9. The van der Waals surface area contributed by atoms with Crippen molar-refractivity contribution in [3.63, 3.8) is 0 Å². The fraction of sp³-hybridized carbons (Fsp3) is 0.154. The van der Waals surface area contributed by atoms with Gasteiger partial charge >= 0.3 is 0 Å². The summed E-state index contributed by atoms with van der Waals surface area (Å²) in [5.74, 6) is 0.802. The van der Waals surface area contributed by atoms with Gasteiger partial charge in [0, 0.05) is 11.3 Å². The van der Waals surface area contributed by atoms with Crippen LogP contribution in [0.3, 0.4) is 0 Å². The third-order valence-corrected chi connectivity index (χ3v) is 3.48. The average molecular weight is 282 g/mol. The van der Waals surface area contributed by atoms with Gasteiger partial charge < -0.3 is 9.94 Å². The maximum atomic E-state index is 8.49. The molecule has 0 aliphatic rings. The van der Waals surface area contributed by atoms with Crippen molar-refractivity contribution in [2.75, 3.05) is 0 Å². The number of rotatable bonds is 4. The zero-order valence-corrected chi connectivity index (χ0v) is 11.3. The van der Waals surface area contributed by atoms with Crippen LogP contribution >= 0.6 is 22.9 Å². The standard InChI is InChI=1S/C13H12ClNO2S/c1-9-2-4-10(5-3-9)17-13-7-6-11(18-13)8-12(14)15-16/h2-7,16H,8H2,1H3/b15-12-. The lowest BCUT2D eigenvalue weighted by atomic mass is 10.2. The van der Waals surface area contributed by atoms with E-state index in [-0.39, 0.29) is 5.17 Å². The van der Waals surface area contributed by atoms with E-state index in [9.17, 15) is 0 Å². The molecule has 0 radical (unpaired) electrons. The van der Waals surface area contributed by atoms with E-state index < -0.39 is 0 Å². The van der Waals surface area contributed by atoms with Crippen molar-refractivity contribution in [2.24, 2.45) is 5.16 Å². The molecule has 0 unspecified atom stereocenters. The number of oxime groups is 1. The molecule has 0 aliphatic heterocycles. The number of ether oxygens (including phenoxy) is 1. The second-order valence-electron chi connectivity index (χ2n) is 3.79. The Balaban J connectivity index is 2.04. The van der Waals surface area contributed by atoms with Crippen LogP contribution in [0.1, 0.15) is 10.4 Å². The molecule has 0 aliphatic carbocycles. The van der Waals surface area contributed by atoms with E-state index in [1.165, 1.54) is 16.9 Å². The van der Waals surface area contributed by atoms with E-state index in [0.29, 0.717) is 6.42 Å². The van der Waals surface area contributed by atoms with E-state index in [1.54, 1.807) is 0 Å². The first-order valence-electron chi connectivity index (χ1n) is 5.37. The van der Waals surface area contributed by atoms with Crippen LogP contribution < -0.4 is 4.74 Å². The lowest BCUT2D eigenvalue weighted by molar-refractivity contribution is 0.319. The average Bonchev–Trinajstić information content (AvgIpc) is 2.79. The maximum absolute atomic E-state index is 8.49. The number of halogens is 1. The zero-order valence-electron chi connectivity index (χ0n) is 9.76. The molecule has 0 saturated heterocycles. The molecular weight excluding hydrogens is 270 g/mol. The number of thiophene rings is 1. The van der Waals surface area contributed by atoms with Gasteiger partial charge in [-0.2, -0.15) is 0 Å². The quantitative estimate of drug-likeness (QED) is 0.512. The minimum absolute atomic E-state index is 0.165. The van der Waals surface area contributed by atoms with Crippen molar-refractivity contribution in [1.82, 2.24) is 0 Å². The molecule has 1 aromatic heterocycles. The molecule has 0 saturated carbocycles. The molecule has 0 atom stereocenters. The van der Waals surface area contributed by atoms with Crippen LogP contribution in [0.5, 0.6) is 10.8 Å². The van der Waals surface area contributed by atoms with Gasteiger partial charge in [-0.1, -0.05) is 34.5 Å². The van der Waals surface area contributed by atoms with Crippen LogP contribution in [-0.4, -0.2) is 10.4 Å². The van der Waals surface area contributed by atoms with Gasteiger partial charge in [0.1, 0.15) is 5.75 Å². The molecule has 0 fully saturated rings. The predicted octanol–water partition coefficient (Wildman–Crippen LogP) is 4.42. The van der Waals surface area contributed by atoms with Crippen molar-refractivity contribution in [3.8, 4) is 10.8 Å². The summed E-state index contributed by atoms with van der Waals surface area (Å²) in [6, 6.07) is 11.6. The van der Waals surface area contributed by atoms with E-state index in [2.05, 4.69) is 5.16 Å². The molecule has 0 bridgehead atoms. The topological polar surface area (TPSA) is 41.8 Å². The first-order valence-corrected chi connectivity index (χ1v) is 6.56. The minimum Gasteiger partial charge on any atom is -0.447 e. The van der Waals surface area contributed by atoms with Gasteiger partial charge in [-0.25, -0.2) is 0 Å². The number of nitrogens with zero attached hydrogens (tertiary/aromatic N) is 1. The number of hydrogen-bond donors (Lipinski definition) is 1. The van der Waals surface area contributed by atoms with Gasteiger partial charge in [0.2, 0.25) is 0 Å². The van der Waals surface area contributed by atoms with Crippen LogP contribution in [0.2, 0.25) is 0 Å². The van der Waals surface area contributed by atoms with Crippen LogP contribution in [0, 0.1) is 6.92 Å². The van der Waals surface area contributed by atoms with Crippen molar-refractivity contribution in [2.45, 2.75) is 13.3 Å². The highest BCUT2D eigenvalue weighted by Crippen LogP contribution is 2.30. The Kier molecular flexibility index (Phi) is 4.23. The van der Waals surface area contributed by atoms with Crippen LogP contribution in [0.4, 0.5) is 0 Å². The predicted molar refractivity (Wildman–Crippen MR) is 74.4 cm³/mol. The summed E-state index contributed by atoms with van der Waals surface area (Å²) in [5.41, 5.74) is 1.19. The lowest BCUT2D eigenvalue weighted by Gasteiger charge is -2.02. The Morgan fingerprint density at radius 2 is 2.00 bits per heavy atom. The summed E-state index contributed by atoms with van der Waals surface area (Å²) in [6.07, 6.45) is 0.417.